The molecule has 8 heteroatoms. The van der Waals surface area contributed by atoms with Crippen LogP contribution in [0.4, 0.5) is 11.9 Å². The van der Waals surface area contributed by atoms with Crippen molar-refractivity contribution in [3.8, 4) is 11.3 Å². The maximum absolute atomic E-state index is 5.53. The van der Waals surface area contributed by atoms with Gasteiger partial charge in [0.05, 0.1) is 11.4 Å². The molecular weight excluding hydrogens is 300 g/mol. The topological polar surface area (TPSA) is 117 Å². The van der Waals surface area contributed by atoms with E-state index in [1.165, 1.54) is 0 Å². The fourth-order valence-electron chi connectivity index (χ4n) is 1.89. The molecule has 0 atom stereocenters. The van der Waals surface area contributed by atoms with Crippen molar-refractivity contribution >= 4 is 23.7 Å². The Hall–Kier alpha value is -2.61. The Labute approximate surface area is 131 Å². The molecule has 0 saturated carbocycles. The summed E-state index contributed by atoms with van der Waals surface area (Å²) in [7, 11) is 0. The minimum atomic E-state index is 0.135. The third-order valence-electron chi connectivity index (χ3n) is 2.81. The van der Waals surface area contributed by atoms with E-state index in [0.29, 0.717) is 17.3 Å². The van der Waals surface area contributed by atoms with E-state index < -0.39 is 0 Å². The Kier molecular flexibility index (Phi) is 4.19. The molecular formula is C14H14N6OS. The molecule has 3 rings (SSSR count). The monoisotopic (exact) mass is 314 g/mol. The summed E-state index contributed by atoms with van der Waals surface area (Å²) in [6.45, 7) is 0. The number of anilines is 2. The number of hydrogen-bond acceptors (Lipinski definition) is 8. The van der Waals surface area contributed by atoms with Gasteiger partial charge in [0.2, 0.25) is 11.9 Å². The first-order valence-electron chi connectivity index (χ1n) is 6.55. The second-order valence-corrected chi connectivity index (χ2v) is 5.49. The standard InChI is InChI=1S/C14H14N6OS/c15-13-17-12(18-14(16)19-13)8-22-7-10-6-11(21-20-10)9-4-2-1-3-5-9/h1-6H,7-8H2,(H4,15,16,17,18,19). The van der Waals surface area contributed by atoms with Crippen LogP contribution in [0.5, 0.6) is 0 Å². The van der Waals surface area contributed by atoms with Crippen molar-refractivity contribution in [2.45, 2.75) is 11.5 Å². The van der Waals surface area contributed by atoms with Gasteiger partial charge in [-0.15, -0.1) is 11.8 Å². The summed E-state index contributed by atoms with van der Waals surface area (Å²) in [6.07, 6.45) is 0. The Morgan fingerprint density at radius 2 is 1.68 bits per heavy atom. The molecule has 0 saturated heterocycles. The van der Waals surface area contributed by atoms with Gasteiger partial charge >= 0.3 is 0 Å². The molecule has 0 aliphatic heterocycles. The van der Waals surface area contributed by atoms with Crippen LogP contribution in [0.25, 0.3) is 11.3 Å². The lowest BCUT2D eigenvalue weighted by Crippen LogP contribution is -2.06. The van der Waals surface area contributed by atoms with Crippen LogP contribution in [-0.4, -0.2) is 20.1 Å². The molecule has 2 aromatic heterocycles. The third-order valence-corrected chi connectivity index (χ3v) is 3.78. The fraction of sp³-hybridized carbons (Fsp3) is 0.143. The molecule has 0 aliphatic rings. The second kappa shape index (κ2) is 6.44. The molecule has 7 nitrogen and oxygen atoms in total. The maximum Gasteiger partial charge on any atom is 0.225 e. The number of nitrogens with zero attached hydrogens (tertiary/aromatic N) is 4. The lowest BCUT2D eigenvalue weighted by atomic mass is 10.2. The third kappa shape index (κ3) is 3.53. The highest BCUT2D eigenvalue weighted by Crippen LogP contribution is 2.22. The zero-order chi connectivity index (χ0) is 15.4. The van der Waals surface area contributed by atoms with Gasteiger partial charge in [0.1, 0.15) is 5.82 Å². The molecule has 0 radical (unpaired) electrons. The summed E-state index contributed by atoms with van der Waals surface area (Å²) in [5.41, 5.74) is 12.9. The lowest BCUT2D eigenvalue weighted by molar-refractivity contribution is 0.426. The van der Waals surface area contributed by atoms with E-state index in [2.05, 4.69) is 20.1 Å². The van der Waals surface area contributed by atoms with Gasteiger partial charge in [-0.3, -0.25) is 0 Å². The quantitative estimate of drug-likeness (QED) is 0.735. The number of nitrogen functional groups attached to an aromatic ring is 2. The number of hydrogen-bond donors (Lipinski definition) is 2. The van der Waals surface area contributed by atoms with Crippen LogP contribution in [0, 0.1) is 0 Å². The van der Waals surface area contributed by atoms with Gasteiger partial charge < -0.3 is 16.0 Å². The van der Waals surface area contributed by atoms with E-state index in [9.17, 15) is 0 Å². The minimum absolute atomic E-state index is 0.135. The fourth-order valence-corrected chi connectivity index (χ4v) is 2.65. The molecule has 22 heavy (non-hydrogen) atoms. The normalized spacial score (nSPS) is 10.7. The zero-order valence-corrected chi connectivity index (χ0v) is 12.5. The number of thioether (sulfide) groups is 1. The number of nitrogens with two attached hydrogens (primary N) is 2. The van der Waals surface area contributed by atoms with Gasteiger partial charge in [-0.2, -0.15) is 15.0 Å². The van der Waals surface area contributed by atoms with Crippen LogP contribution in [0.15, 0.2) is 40.9 Å². The van der Waals surface area contributed by atoms with Crippen molar-refractivity contribution in [2.75, 3.05) is 11.5 Å². The van der Waals surface area contributed by atoms with Crippen molar-refractivity contribution in [1.82, 2.24) is 20.1 Å². The molecule has 4 N–H and O–H groups in total. The molecule has 0 bridgehead atoms. The SMILES string of the molecule is Nc1nc(N)nc(CSCc2cc(-c3ccccc3)on2)n1. The lowest BCUT2D eigenvalue weighted by Gasteiger charge is -2.00. The van der Waals surface area contributed by atoms with E-state index in [1.54, 1.807) is 11.8 Å². The number of rotatable bonds is 5. The van der Waals surface area contributed by atoms with Gasteiger partial charge in [0.25, 0.3) is 0 Å². The predicted molar refractivity (Wildman–Crippen MR) is 85.6 cm³/mol. The van der Waals surface area contributed by atoms with E-state index >= 15 is 0 Å². The van der Waals surface area contributed by atoms with Crippen LogP contribution in [-0.2, 0) is 11.5 Å². The van der Waals surface area contributed by atoms with Gasteiger partial charge in [-0.05, 0) is 0 Å². The molecule has 0 fully saturated rings. The summed E-state index contributed by atoms with van der Waals surface area (Å²) in [6, 6.07) is 11.8. The zero-order valence-electron chi connectivity index (χ0n) is 11.6. The first-order chi connectivity index (χ1) is 10.7. The van der Waals surface area contributed by atoms with E-state index in [1.807, 2.05) is 36.4 Å². The molecule has 112 valence electrons. The summed E-state index contributed by atoms with van der Waals surface area (Å²) >= 11 is 1.60. The molecule has 3 aromatic rings. The minimum Gasteiger partial charge on any atom is -0.368 e. The Morgan fingerprint density at radius 1 is 0.955 bits per heavy atom. The first-order valence-corrected chi connectivity index (χ1v) is 7.71. The number of benzene rings is 1. The first kappa shape index (κ1) is 14.3. The van der Waals surface area contributed by atoms with Crippen LogP contribution in [0.1, 0.15) is 11.5 Å². The Balaban J connectivity index is 1.59. The Bertz CT molecular complexity index is 741. The van der Waals surface area contributed by atoms with Gasteiger partial charge in [0, 0.05) is 17.4 Å². The average molecular weight is 314 g/mol. The van der Waals surface area contributed by atoms with Crippen LogP contribution in [0.3, 0.4) is 0 Å². The van der Waals surface area contributed by atoms with E-state index in [0.717, 1.165) is 17.0 Å². The van der Waals surface area contributed by atoms with Gasteiger partial charge in [-0.25, -0.2) is 0 Å². The smallest absolute Gasteiger partial charge is 0.225 e. The van der Waals surface area contributed by atoms with Crippen molar-refractivity contribution in [2.24, 2.45) is 0 Å². The van der Waals surface area contributed by atoms with E-state index in [-0.39, 0.29) is 11.9 Å². The van der Waals surface area contributed by atoms with Crippen molar-refractivity contribution in [1.29, 1.82) is 0 Å². The second-order valence-electron chi connectivity index (χ2n) is 4.51. The highest BCUT2D eigenvalue weighted by atomic mass is 32.2. The van der Waals surface area contributed by atoms with Gasteiger partial charge in [0.15, 0.2) is 5.76 Å². The largest absolute Gasteiger partial charge is 0.368 e. The molecule has 2 heterocycles. The predicted octanol–water partition coefficient (Wildman–Crippen LogP) is 2.12. The summed E-state index contributed by atoms with van der Waals surface area (Å²) in [5.74, 6) is 2.84. The molecule has 0 aliphatic carbocycles. The molecule has 0 amide bonds. The summed E-state index contributed by atoms with van der Waals surface area (Å²) in [5, 5.41) is 4.06. The van der Waals surface area contributed by atoms with Crippen molar-refractivity contribution in [3.63, 3.8) is 0 Å². The van der Waals surface area contributed by atoms with Crippen LogP contribution < -0.4 is 11.5 Å². The maximum atomic E-state index is 5.53. The molecule has 0 spiro atoms. The summed E-state index contributed by atoms with van der Waals surface area (Å²) in [4.78, 5) is 11.8. The summed E-state index contributed by atoms with van der Waals surface area (Å²) < 4.78 is 5.35. The molecule has 0 unspecified atom stereocenters. The van der Waals surface area contributed by atoms with E-state index in [4.69, 9.17) is 16.0 Å². The van der Waals surface area contributed by atoms with Crippen molar-refractivity contribution < 1.29 is 4.52 Å². The van der Waals surface area contributed by atoms with Gasteiger partial charge in [-0.1, -0.05) is 35.5 Å². The highest BCUT2D eigenvalue weighted by Gasteiger charge is 2.07. The average Bonchev–Trinajstić information content (AvgIpc) is 2.96. The molecule has 1 aromatic carbocycles. The highest BCUT2D eigenvalue weighted by molar-refractivity contribution is 7.97. The number of aromatic nitrogens is 4. The Morgan fingerprint density at radius 3 is 2.41 bits per heavy atom. The van der Waals surface area contributed by atoms with Crippen LogP contribution in [0.2, 0.25) is 0 Å². The van der Waals surface area contributed by atoms with Crippen molar-refractivity contribution in [3.05, 3.63) is 47.9 Å². The van der Waals surface area contributed by atoms with Crippen LogP contribution >= 0.6 is 11.8 Å².